The highest BCUT2D eigenvalue weighted by Gasteiger charge is 2.34. The summed E-state index contributed by atoms with van der Waals surface area (Å²) in [7, 11) is 0. The number of hydrogen-bond donors (Lipinski definition) is 1. The summed E-state index contributed by atoms with van der Waals surface area (Å²) in [4.78, 5) is 27.9. The first kappa shape index (κ1) is 23.2. The van der Waals surface area contributed by atoms with Crippen LogP contribution in [0, 0.1) is 0 Å². The van der Waals surface area contributed by atoms with Crippen molar-refractivity contribution in [2.75, 3.05) is 10.8 Å². The van der Waals surface area contributed by atoms with Crippen molar-refractivity contribution in [3.8, 4) is 0 Å². The van der Waals surface area contributed by atoms with Gasteiger partial charge in [-0.25, -0.2) is 0 Å². The Morgan fingerprint density at radius 2 is 1.77 bits per heavy atom. The minimum Gasteiger partial charge on any atom is -0.351 e. The lowest BCUT2D eigenvalue weighted by Gasteiger charge is -2.33. The number of carbonyl (C=O) groups excluding carboxylic acids is 2. The first-order valence-electron chi connectivity index (χ1n) is 10.9. The van der Waals surface area contributed by atoms with Crippen LogP contribution < -0.4 is 10.2 Å². The molecule has 1 aliphatic rings. The Balaban J connectivity index is 1.99. The maximum Gasteiger partial charge on any atom is 0.248 e. The van der Waals surface area contributed by atoms with Gasteiger partial charge in [-0.15, -0.1) is 11.6 Å². The fourth-order valence-corrected chi connectivity index (χ4v) is 4.16. The standard InChI is InChI=1S/C24H31ClN4O2/c1-24(2,3)18-9-11-20(12-10-18)29(21(30)15-25)22(17-13-14-26-27-16-17)23(31)28-19-7-5-4-6-8-19/h9-14,16,19,22H,4-8,15H2,1-3H3,(H,28,31)/t22-/m0/s1. The molecule has 1 fully saturated rings. The van der Waals surface area contributed by atoms with Crippen molar-refractivity contribution in [2.45, 2.75) is 70.4 Å². The number of rotatable bonds is 6. The van der Waals surface area contributed by atoms with Gasteiger partial charge in [-0.2, -0.15) is 10.2 Å². The van der Waals surface area contributed by atoms with Crippen molar-refractivity contribution >= 4 is 29.1 Å². The maximum absolute atomic E-state index is 13.5. The van der Waals surface area contributed by atoms with E-state index in [2.05, 4.69) is 36.3 Å². The largest absolute Gasteiger partial charge is 0.351 e. The number of anilines is 1. The van der Waals surface area contributed by atoms with E-state index in [0.717, 1.165) is 31.2 Å². The van der Waals surface area contributed by atoms with E-state index in [-0.39, 0.29) is 29.2 Å². The second-order valence-corrected chi connectivity index (χ2v) is 9.38. The summed E-state index contributed by atoms with van der Waals surface area (Å²) in [6.45, 7) is 6.40. The molecule has 1 saturated carbocycles. The van der Waals surface area contributed by atoms with Gasteiger partial charge in [0.15, 0.2) is 0 Å². The second-order valence-electron chi connectivity index (χ2n) is 9.12. The zero-order valence-corrected chi connectivity index (χ0v) is 19.2. The van der Waals surface area contributed by atoms with Gasteiger partial charge in [0.1, 0.15) is 11.9 Å². The van der Waals surface area contributed by atoms with Crippen molar-refractivity contribution < 1.29 is 9.59 Å². The first-order chi connectivity index (χ1) is 14.8. The molecule has 1 N–H and O–H groups in total. The molecule has 0 spiro atoms. The number of halogens is 1. The van der Waals surface area contributed by atoms with Crippen LogP contribution in [0.5, 0.6) is 0 Å². The number of amides is 2. The molecule has 0 bridgehead atoms. The number of nitrogens with one attached hydrogen (secondary N) is 1. The lowest BCUT2D eigenvalue weighted by atomic mass is 9.87. The van der Waals surface area contributed by atoms with Crippen LogP contribution in [-0.4, -0.2) is 33.9 Å². The van der Waals surface area contributed by atoms with E-state index in [1.165, 1.54) is 23.7 Å². The average Bonchev–Trinajstić information content (AvgIpc) is 2.77. The summed E-state index contributed by atoms with van der Waals surface area (Å²) in [6.07, 6.45) is 8.37. The molecule has 0 saturated heterocycles. The fourth-order valence-electron chi connectivity index (χ4n) is 4.03. The van der Waals surface area contributed by atoms with Crippen LogP contribution in [0.2, 0.25) is 0 Å². The molecule has 0 unspecified atom stereocenters. The third kappa shape index (κ3) is 5.82. The number of alkyl halides is 1. The van der Waals surface area contributed by atoms with Crippen LogP contribution in [0.15, 0.2) is 42.7 Å². The highest BCUT2D eigenvalue weighted by molar-refractivity contribution is 6.29. The van der Waals surface area contributed by atoms with Gasteiger partial charge < -0.3 is 5.32 Å². The van der Waals surface area contributed by atoms with Crippen molar-refractivity contribution in [1.29, 1.82) is 0 Å². The van der Waals surface area contributed by atoms with Gasteiger partial charge >= 0.3 is 0 Å². The molecule has 2 aromatic rings. The molecule has 1 heterocycles. The highest BCUT2D eigenvalue weighted by Crippen LogP contribution is 2.31. The second kappa shape index (κ2) is 10.2. The van der Waals surface area contributed by atoms with Crippen molar-refractivity contribution in [3.63, 3.8) is 0 Å². The third-order valence-corrected chi connectivity index (χ3v) is 6.00. The summed E-state index contributed by atoms with van der Waals surface area (Å²) in [5.41, 5.74) is 2.34. The van der Waals surface area contributed by atoms with E-state index in [0.29, 0.717) is 11.3 Å². The zero-order chi connectivity index (χ0) is 22.4. The SMILES string of the molecule is CC(C)(C)c1ccc(N(C(=O)CCl)[C@H](C(=O)NC2CCCCC2)c2ccnnc2)cc1. The van der Waals surface area contributed by atoms with Crippen molar-refractivity contribution in [1.82, 2.24) is 15.5 Å². The van der Waals surface area contributed by atoms with Gasteiger partial charge in [0.2, 0.25) is 11.8 Å². The molecule has 0 radical (unpaired) electrons. The minimum atomic E-state index is -0.871. The van der Waals surface area contributed by atoms with Crippen LogP contribution in [0.25, 0.3) is 0 Å². The molecule has 166 valence electrons. The van der Waals surface area contributed by atoms with Crippen molar-refractivity contribution in [2.24, 2.45) is 0 Å². The van der Waals surface area contributed by atoms with Gasteiger partial charge in [0.25, 0.3) is 0 Å². The zero-order valence-electron chi connectivity index (χ0n) is 18.5. The summed E-state index contributed by atoms with van der Waals surface area (Å²) >= 11 is 5.98. The summed E-state index contributed by atoms with van der Waals surface area (Å²) < 4.78 is 0. The Bertz CT molecular complexity index is 875. The minimum absolute atomic E-state index is 0.0212. The maximum atomic E-state index is 13.5. The Hall–Kier alpha value is -2.47. The molecule has 3 rings (SSSR count). The third-order valence-electron chi connectivity index (χ3n) is 5.78. The summed E-state index contributed by atoms with van der Waals surface area (Å²) in [5, 5.41) is 10.9. The number of nitrogens with zero attached hydrogens (tertiary/aromatic N) is 3. The lowest BCUT2D eigenvalue weighted by molar-refractivity contribution is -0.126. The topological polar surface area (TPSA) is 75.2 Å². The monoisotopic (exact) mass is 442 g/mol. The first-order valence-corrected chi connectivity index (χ1v) is 11.4. The predicted octanol–water partition coefficient (Wildman–Crippen LogP) is 4.54. The number of benzene rings is 1. The smallest absolute Gasteiger partial charge is 0.248 e. The van der Waals surface area contributed by atoms with Gasteiger partial charge in [-0.3, -0.25) is 14.5 Å². The number of aromatic nitrogens is 2. The quantitative estimate of drug-likeness (QED) is 0.666. The van der Waals surface area contributed by atoms with Crippen LogP contribution in [0.4, 0.5) is 5.69 Å². The Kier molecular flexibility index (Phi) is 7.65. The van der Waals surface area contributed by atoms with Crippen LogP contribution >= 0.6 is 11.6 Å². The Morgan fingerprint density at radius 3 is 2.32 bits per heavy atom. The lowest BCUT2D eigenvalue weighted by Crippen LogP contribution is -2.47. The van der Waals surface area contributed by atoms with Gasteiger partial charge in [-0.1, -0.05) is 52.2 Å². The predicted molar refractivity (Wildman–Crippen MR) is 123 cm³/mol. The summed E-state index contributed by atoms with van der Waals surface area (Å²) in [6, 6.07) is 8.70. The van der Waals surface area contributed by atoms with E-state index >= 15 is 0 Å². The van der Waals surface area contributed by atoms with E-state index in [1.807, 2.05) is 24.3 Å². The molecular formula is C24H31ClN4O2. The van der Waals surface area contributed by atoms with Crippen LogP contribution in [0.1, 0.15) is 70.0 Å². The molecular weight excluding hydrogens is 412 g/mol. The number of hydrogen-bond acceptors (Lipinski definition) is 4. The molecule has 31 heavy (non-hydrogen) atoms. The van der Waals surface area contributed by atoms with E-state index in [1.54, 1.807) is 6.07 Å². The Morgan fingerprint density at radius 1 is 1.10 bits per heavy atom. The molecule has 1 aliphatic carbocycles. The van der Waals surface area contributed by atoms with Gasteiger partial charge in [0.05, 0.1) is 6.20 Å². The van der Waals surface area contributed by atoms with Crippen LogP contribution in [0.3, 0.4) is 0 Å². The molecule has 7 heteroatoms. The highest BCUT2D eigenvalue weighted by atomic mass is 35.5. The van der Waals surface area contributed by atoms with Crippen LogP contribution in [-0.2, 0) is 15.0 Å². The summed E-state index contributed by atoms with van der Waals surface area (Å²) in [5.74, 6) is -0.795. The molecule has 6 nitrogen and oxygen atoms in total. The Labute approximate surface area is 189 Å². The molecule has 1 aromatic carbocycles. The normalized spacial score (nSPS) is 15.9. The molecule has 0 aliphatic heterocycles. The average molecular weight is 443 g/mol. The van der Waals surface area contributed by atoms with E-state index < -0.39 is 6.04 Å². The van der Waals surface area contributed by atoms with E-state index in [4.69, 9.17) is 11.6 Å². The van der Waals surface area contributed by atoms with Gasteiger partial charge in [-0.05, 0) is 42.0 Å². The van der Waals surface area contributed by atoms with E-state index in [9.17, 15) is 9.59 Å². The molecule has 1 aromatic heterocycles. The van der Waals surface area contributed by atoms with Crippen molar-refractivity contribution in [3.05, 3.63) is 53.9 Å². The number of carbonyl (C=O) groups is 2. The van der Waals surface area contributed by atoms with Gasteiger partial charge in [0, 0.05) is 23.5 Å². The molecule has 1 atom stereocenters. The molecule has 2 amide bonds. The fraction of sp³-hybridized carbons (Fsp3) is 0.500.